The number of benzene rings is 4. The van der Waals surface area contributed by atoms with Gasteiger partial charge in [-0.05, 0) is 60.4 Å². The van der Waals surface area contributed by atoms with Crippen molar-refractivity contribution in [3.05, 3.63) is 123 Å². The van der Waals surface area contributed by atoms with Crippen LogP contribution in [0.3, 0.4) is 0 Å². The van der Waals surface area contributed by atoms with Crippen molar-refractivity contribution in [2.75, 3.05) is 0 Å². The molecular formula is C31H17F11O. The lowest BCUT2D eigenvalue weighted by atomic mass is 9.99. The molecule has 0 atom stereocenters. The van der Waals surface area contributed by atoms with Crippen LogP contribution in [0.2, 0.25) is 0 Å². The van der Waals surface area contributed by atoms with E-state index in [1.54, 1.807) is 0 Å². The largest absolute Gasteiger partial charge is 0.432 e. The van der Waals surface area contributed by atoms with Gasteiger partial charge in [0.25, 0.3) is 0 Å². The van der Waals surface area contributed by atoms with E-state index < -0.39 is 92.0 Å². The van der Waals surface area contributed by atoms with E-state index in [1.165, 1.54) is 0 Å². The first-order valence-electron chi connectivity index (χ1n) is 12.4. The Hall–Kier alpha value is -4.53. The minimum atomic E-state index is -4.92. The molecule has 4 aromatic carbocycles. The Balaban J connectivity index is 1.65. The Morgan fingerprint density at radius 3 is 1.67 bits per heavy atom. The summed E-state index contributed by atoms with van der Waals surface area (Å²) in [5, 5.41) is 0. The van der Waals surface area contributed by atoms with Crippen LogP contribution in [-0.2, 0) is 12.5 Å². The normalized spacial score (nSPS) is 11.3. The molecule has 0 N–H and O–H groups in total. The summed E-state index contributed by atoms with van der Waals surface area (Å²) in [6.07, 6.45) is -3.00. The van der Waals surface area contributed by atoms with Gasteiger partial charge in [-0.3, -0.25) is 0 Å². The van der Waals surface area contributed by atoms with Gasteiger partial charge in [-0.2, -0.15) is 8.78 Å². The number of halogens is 11. The fraction of sp³-hybridized carbons (Fsp3) is 0.161. The highest BCUT2D eigenvalue weighted by Gasteiger charge is 2.42. The van der Waals surface area contributed by atoms with Gasteiger partial charge in [-0.25, -0.2) is 39.5 Å². The zero-order chi connectivity index (χ0) is 31.6. The molecule has 4 aromatic rings. The van der Waals surface area contributed by atoms with Crippen molar-refractivity contribution in [3.63, 3.8) is 0 Å². The van der Waals surface area contributed by atoms with Crippen LogP contribution in [0.4, 0.5) is 48.3 Å². The summed E-state index contributed by atoms with van der Waals surface area (Å²) in [4.78, 5) is 0. The predicted molar refractivity (Wildman–Crippen MR) is 133 cm³/mol. The van der Waals surface area contributed by atoms with Crippen molar-refractivity contribution in [3.8, 4) is 28.7 Å². The van der Waals surface area contributed by atoms with Crippen LogP contribution in [0.15, 0.2) is 48.5 Å². The van der Waals surface area contributed by atoms with E-state index in [0.717, 1.165) is 18.6 Å². The van der Waals surface area contributed by atoms with Crippen molar-refractivity contribution in [2.24, 2.45) is 0 Å². The molecular weight excluding hydrogens is 597 g/mol. The third kappa shape index (κ3) is 6.77. The molecule has 12 heteroatoms. The highest BCUT2D eigenvalue weighted by atomic mass is 19.3. The van der Waals surface area contributed by atoms with Gasteiger partial charge in [0.1, 0.15) is 46.2 Å². The second kappa shape index (κ2) is 12.4. The maximum Gasteiger partial charge on any atom is 0.432 e. The number of hydrogen-bond acceptors (Lipinski definition) is 1. The molecule has 0 bridgehead atoms. The molecule has 0 aliphatic carbocycles. The Bertz CT molecular complexity index is 1680. The quantitative estimate of drug-likeness (QED) is 0.115. The molecule has 0 aromatic heterocycles. The molecule has 0 amide bonds. The van der Waals surface area contributed by atoms with Crippen molar-refractivity contribution in [1.82, 2.24) is 0 Å². The van der Waals surface area contributed by atoms with Crippen molar-refractivity contribution < 1.29 is 53.0 Å². The van der Waals surface area contributed by atoms with Crippen molar-refractivity contribution in [1.29, 1.82) is 0 Å². The standard InChI is InChI=1S/C31H17F11O/c1-2-3-4-15-7-20(32)19(21(33)8-15)6-5-16-9-22(34)28(23(35)10-16)17-11-24(36)29(25(37)12-17)31(41,42)43-18-13-26(38)30(40)27(39)14-18/h7-14H,2-4H2,1H3. The van der Waals surface area contributed by atoms with Gasteiger partial charge >= 0.3 is 6.11 Å². The second-order valence-corrected chi connectivity index (χ2v) is 9.24. The summed E-state index contributed by atoms with van der Waals surface area (Å²) in [6.45, 7) is 1.90. The molecule has 0 heterocycles. The smallest absolute Gasteiger partial charge is 0.429 e. The van der Waals surface area contributed by atoms with Crippen LogP contribution in [0.1, 0.15) is 42.0 Å². The van der Waals surface area contributed by atoms with E-state index in [0.29, 0.717) is 30.5 Å². The first-order valence-corrected chi connectivity index (χ1v) is 12.4. The minimum absolute atomic E-state index is 0.0110. The Labute approximate surface area is 237 Å². The van der Waals surface area contributed by atoms with Gasteiger partial charge in [0.15, 0.2) is 17.5 Å². The Kier molecular flexibility index (Phi) is 9.04. The number of ether oxygens (including phenoxy) is 1. The summed E-state index contributed by atoms with van der Waals surface area (Å²) in [5.41, 5.74) is -4.67. The van der Waals surface area contributed by atoms with Gasteiger partial charge in [0.2, 0.25) is 0 Å². The number of alkyl halides is 2. The van der Waals surface area contributed by atoms with E-state index in [-0.39, 0.29) is 24.3 Å². The van der Waals surface area contributed by atoms with Crippen LogP contribution < -0.4 is 4.74 Å². The topological polar surface area (TPSA) is 9.23 Å². The summed E-state index contributed by atoms with van der Waals surface area (Å²) in [6, 6.07) is 3.69. The van der Waals surface area contributed by atoms with E-state index in [1.807, 2.05) is 6.92 Å². The van der Waals surface area contributed by atoms with Crippen LogP contribution in [0, 0.1) is 64.2 Å². The van der Waals surface area contributed by atoms with Crippen molar-refractivity contribution >= 4 is 0 Å². The first-order chi connectivity index (χ1) is 20.2. The molecule has 0 saturated heterocycles. The summed E-state index contributed by atoms with van der Waals surface area (Å²) in [7, 11) is 0. The van der Waals surface area contributed by atoms with Crippen LogP contribution in [0.25, 0.3) is 11.1 Å². The van der Waals surface area contributed by atoms with Crippen LogP contribution >= 0.6 is 0 Å². The lowest BCUT2D eigenvalue weighted by molar-refractivity contribution is -0.189. The first kappa shape index (κ1) is 31.4. The zero-order valence-electron chi connectivity index (χ0n) is 21.8. The van der Waals surface area contributed by atoms with Gasteiger partial charge in [-0.15, -0.1) is 0 Å². The highest BCUT2D eigenvalue weighted by Crippen LogP contribution is 2.38. The molecule has 43 heavy (non-hydrogen) atoms. The summed E-state index contributed by atoms with van der Waals surface area (Å²) in [5.74, 6) is -11.8. The third-order valence-corrected chi connectivity index (χ3v) is 6.12. The lowest BCUT2D eigenvalue weighted by Crippen LogP contribution is -2.25. The van der Waals surface area contributed by atoms with Crippen molar-refractivity contribution in [2.45, 2.75) is 32.3 Å². The zero-order valence-corrected chi connectivity index (χ0v) is 21.8. The monoisotopic (exact) mass is 614 g/mol. The maximum absolute atomic E-state index is 14.9. The number of rotatable bonds is 7. The molecule has 224 valence electrons. The number of aryl methyl sites for hydroxylation is 1. The van der Waals surface area contributed by atoms with E-state index in [4.69, 9.17) is 0 Å². The Morgan fingerprint density at radius 1 is 0.628 bits per heavy atom. The second-order valence-electron chi connectivity index (χ2n) is 9.24. The molecule has 0 saturated carbocycles. The molecule has 0 aliphatic heterocycles. The molecule has 0 unspecified atom stereocenters. The third-order valence-electron chi connectivity index (χ3n) is 6.12. The predicted octanol–water partition coefficient (Wildman–Crippen LogP) is 9.48. The summed E-state index contributed by atoms with van der Waals surface area (Å²) >= 11 is 0. The molecule has 0 aliphatic rings. The average Bonchev–Trinajstić information content (AvgIpc) is 2.89. The number of unbranched alkanes of at least 4 members (excludes halogenated alkanes) is 1. The average molecular weight is 614 g/mol. The summed E-state index contributed by atoms with van der Waals surface area (Å²) < 4.78 is 161. The van der Waals surface area contributed by atoms with Gasteiger partial charge in [0.05, 0.1) is 11.1 Å². The van der Waals surface area contributed by atoms with E-state index in [9.17, 15) is 48.3 Å². The Morgan fingerprint density at radius 2 is 1.16 bits per heavy atom. The fourth-order valence-corrected chi connectivity index (χ4v) is 4.11. The molecule has 0 radical (unpaired) electrons. The SMILES string of the molecule is CCCCc1cc(F)c(C#Cc2cc(F)c(-c3cc(F)c(C(F)(F)Oc4cc(F)c(F)c(F)c4)c(F)c3)c(F)c2)c(F)c1. The lowest BCUT2D eigenvalue weighted by Gasteiger charge is -2.20. The van der Waals surface area contributed by atoms with E-state index in [2.05, 4.69) is 16.6 Å². The van der Waals surface area contributed by atoms with Gasteiger partial charge < -0.3 is 4.74 Å². The van der Waals surface area contributed by atoms with Crippen LogP contribution in [0.5, 0.6) is 5.75 Å². The van der Waals surface area contributed by atoms with Gasteiger partial charge in [0, 0.05) is 17.7 Å². The van der Waals surface area contributed by atoms with Crippen LogP contribution in [-0.4, -0.2) is 0 Å². The molecule has 0 fully saturated rings. The maximum atomic E-state index is 14.9. The van der Waals surface area contributed by atoms with Gasteiger partial charge in [-0.1, -0.05) is 25.2 Å². The number of hydrogen-bond donors (Lipinski definition) is 0. The highest BCUT2D eigenvalue weighted by molar-refractivity contribution is 5.67. The fourth-order valence-electron chi connectivity index (χ4n) is 4.11. The molecule has 0 spiro atoms. The molecule has 4 rings (SSSR count). The van der Waals surface area contributed by atoms with E-state index >= 15 is 0 Å². The molecule has 1 nitrogen and oxygen atoms in total. The minimum Gasteiger partial charge on any atom is -0.429 e.